The Morgan fingerprint density at radius 3 is 2.04 bits per heavy atom. The fourth-order valence-electron chi connectivity index (χ4n) is 2.67. The van der Waals surface area contributed by atoms with Gasteiger partial charge in [-0.3, -0.25) is 0 Å². The van der Waals surface area contributed by atoms with Crippen LogP contribution in [0.3, 0.4) is 0 Å². The van der Waals surface area contributed by atoms with Crippen molar-refractivity contribution in [3.63, 3.8) is 0 Å². The molecule has 3 nitrogen and oxygen atoms in total. The van der Waals surface area contributed by atoms with E-state index >= 15 is 0 Å². The maximum atomic E-state index is 11.7. The minimum atomic E-state index is -0.615. The van der Waals surface area contributed by atoms with E-state index in [1.807, 2.05) is 38.1 Å². The Bertz CT molecular complexity index is 783. The number of rotatable bonds is 4. The Balaban J connectivity index is 1.92. The van der Waals surface area contributed by atoms with E-state index in [1.165, 1.54) is 0 Å². The molecular weight excluding hydrogens is 288 g/mol. The zero-order chi connectivity index (χ0) is 16.2. The first-order valence-electron chi connectivity index (χ1n) is 7.84. The number of ether oxygens (including phenoxy) is 2. The molecule has 0 amide bonds. The van der Waals surface area contributed by atoms with Crippen molar-refractivity contribution in [3.05, 3.63) is 60.2 Å². The van der Waals surface area contributed by atoms with Crippen LogP contribution in [-0.4, -0.2) is 12.8 Å². The monoisotopic (exact) mass is 308 g/mol. The highest BCUT2D eigenvalue weighted by atomic mass is 16.7. The van der Waals surface area contributed by atoms with E-state index < -0.39 is 6.16 Å². The molecule has 118 valence electrons. The van der Waals surface area contributed by atoms with Crippen LogP contribution in [0.5, 0.6) is 0 Å². The molecule has 0 aromatic heterocycles. The van der Waals surface area contributed by atoms with Crippen molar-refractivity contribution in [2.24, 2.45) is 5.92 Å². The third-order valence-corrected chi connectivity index (χ3v) is 3.75. The van der Waals surface area contributed by atoms with Crippen molar-refractivity contribution in [3.8, 4) is 0 Å². The second-order valence-electron chi connectivity index (χ2n) is 6.04. The molecule has 0 spiro atoms. The Labute approximate surface area is 135 Å². The lowest BCUT2D eigenvalue weighted by atomic mass is 9.97. The Morgan fingerprint density at radius 2 is 1.48 bits per heavy atom. The van der Waals surface area contributed by atoms with Gasteiger partial charge in [0, 0.05) is 5.56 Å². The molecule has 23 heavy (non-hydrogen) atoms. The van der Waals surface area contributed by atoms with Crippen molar-refractivity contribution >= 4 is 27.7 Å². The molecule has 0 saturated carbocycles. The van der Waals surface area contributed by atoms with Crippen LogP contribution in [0, 0.1) is 5.92 Å². The minimum Gasteiger partial charge on any atom is -0.434 e. The van der Waals surface area contributed by atoms with E-state index in [2.05, 4.69) is 30.3 Å². The molecular formula is C20H20O3. The van der Waals surface area contributed by atoms with Crippen LogP contribution in [0.15, 0.2) is 54.6 Å². The van der Waals surface area contributed by atoms with Crippen LogP contribution in [0.25, 0.3) is 21.5 Å². The van der Waals surface area contributed by atoms with Gasteiger partial charge in [-0.1, -0.05) is 62.4 Å². The first kappa shape index (κ1) is 15.3. The van der Waals surface area contributed by atoms with Crippen LogP contribution in [0.4, 0.5) is 4.79 Å². The third-order valence-electron chi connectivity index (χ3n) is 3.75. The minimum absolute atomic E-state index is 0.207. The van der Waals surface area contributed by atoms with Gasteiger partial charge in [0.1, 0.15) is 6.61 Å². The summed E-state index contributed by atoms with van der Waals surface area (Å²) < 4.78 is 10.4. The zero-order valence-corrected chi connectivity index (χ0v) is 13.4. The predicted octanol–water partition coefficient (Wildman–Crippen LogP) is 5.30. The molecule has 0 unspecified atom stereocenters. The van der Waals surface area contributed by atoms with Crippen LogP contribution >= 0.6 is 0 Å². The van der Waals surface area contributed by atoms with Gasteiger partial charge in [-0.05, 0) is 33.5 Å². The summed E-state index contributed by atoms with van der Waals surface area (Å²) in [4.78, 5) is 11.7. The summed E-state index contributed by atoms with van der Waals surface area (Å²) in [5.74, 6) is 0.293. The van der Waals surface area contributed by atoms with Gasteiger partial charge in [-0.25, -0.2) is 4.79 Å². The van der Waals surface area contributed by atoms with Gasteiger partial charge in [0.25, 0.3) is 0 Å². The molecule has 0 fully saturated rings. The average molecular weight is 308 g/mol. The molecule has 3 rings (SSSR count). The molecule has 0 aliphatic carbocycles. The van der Waals surface area contributed by atoms with E-state index in [4.69, 9.17) is 9.47 Å². The summed E-state index contributed by atoms with van der Waals surface area (Å²) in [6, 6.07) is 18.4. The van der Waals surface area contributed by atoms with Crippen molar-refractivity contribution in [1.29, 1.82) is 0 Å². The highest BCUT2D eigenvalue weighted by molar-refractivity contribution is 6.02. The van der Waals surface area contributed by atoms with Gasteiger partial charge in [0.15, 0.2) is 0 Å². The summed E-state index contributed by atoms with van der Waals surface area (Å²) >= 11 is 0. The van der Waals surface area contributed by atoms with E-state index in [1.54, 1.807) is 0 Å². The smallest absolute Gasteiger partial charge is 0.434 e. The van der Waals surface area contributed by atoms with Crippen molar-refractivity contribution in [1.82, 2.24) is 0 Å². The predicted molar refractivity (Wildman–Crippen MR) is 92.4 cm³/mol. The molecule has 0 radical (unpaired) electrons. The van der Waals surface area contributed by atoms with Gasteiger partial charge < -0.3 is 9.47 Å². The van der Waals surface area contributed by atoms with Gasteiger partial charge in [-0.2, -0.15) is 0 Å². The highest BCUT2D eigenvalue weighted by Gasteiger charge is 2.11. The van der Waals surface area contributed by atoms with Crippen molar-refractivity contribution < 1.29 is 14.3 Å². The molecule has 0 aliphatic rings. The number of carbonyl (C=O) groups excluding carboxylic acids is 1. The average Bonchev–Trinajstić information content (AvgIpc) is 2.56. The number of carbonyl (C=O) groups is 1. The normalized spacial score (nSPS) is 11.1. The molecule has 0 heterocycles. The number of hydrogen-bond acceptors (Lipinski definition) is 3. The van der Waals surface area contributed by atoms with Crippen LogP contribution in [0.2, 0.25) is 0 Å². The molecule has 3 aromatic carbocycles. The van der Waals surface area contributed by atoms with E-state index in [0.29, 0.717) is 12.5 Å². The molecule has 3 aromatic rings. The summed E-state index contributed by atoms with van der Waals surface area (Å²) in [6.07, 6.45) is -0.615. The van der Waals surface area contributed by atoms with E-state index in [-0.39, 0.29) is 6.61 Å². The van der Waals surface area contributed by atoms with E-state index in [9.17, 15) is 4.79 Å². The maximum Gasteiger partial charge on any atom is 0.508 e. The standard InChI is InChI=1S/C20H20O3/c1-14(2)12-22-20(21)23-13-19-17-9-5-3-7-15(17)11-16-8-4-6-10-18(16)19/h3-11,14H,12-13H2,1-2H3. The molecule has 0 saturated heterocycles. The van der Waals surface area contributed by atoms with Crippen molar-refractivity contribution in [2.75, 3.05) is 6.61 Å². The quantitative estimate of drug-likeness (QED) is 0.484. The SMILES string of the molecule is CC(C)COC(=O)OCc1c2ccccc2cc2ccccc12. The highest BCUT2D eigenvalue weighted by Crippen LogP contribution is 2.29. The maximum absolute atomic E-state index is 11.7. The number of hydrogen-bond donors (Lipinski definition) is 0. The second-order valence-corrected chi connectivity index (χ2v) is 6.04. The lowest BCUT2D eigenvalue weighted by molar-refractivity contribution is 0.0430. The molecule has 0 bridgehead atoms. The Kier molecular flexibility index (Phi) is 4.47. The van der Waals surface area contributed by atoms with Crippen LogP contribution < -0.4 is 0 Å². The van der Waals surface area contributed by atoms with Gasteiger partial charge in [-0.15, -0.1) is 0 Å². The van der Waals surface area contributed by atoms with Gasteiger partial charge in [0.05, 0.1) is 6.61 Å². The zero-order valence-electron chi connectivity index (χ0n) is 13.4. The summed E-state index contributed by atoms with van der Waals surface area (Å²) in [5, 5.41) is 4.48. The topological polar surface area (TPSA) is 35.5 Å². The fraction of sp³-hybridized carbons (Fsp3) is 0.250. The van der Waals surface area contributed by atoms with Crippen molar-refractivity contribution in [2.45, 2.75) is 20.5 Å². The lowest BCUT2D eigenvalue weighted by Crippen LogP contribution is -2.11. The third kappa shape index (κ3) is 3.45. The summed E-state index contributed by atoms with van der Waals surface area (Å²) in [5.41, 5.74) is 1.01. The van der Waals surface area contributed by atoms with E-state index in [0.717, 1.165) is 27.1 Å². The fourth-order valence-corrected chi connectivity index (χ4v) is 2.67. The molecule has 0 aliphatic heterocycles. The van der Waals surface area contributed by atoms with Gasteiger partial charge >= 0.3 is 6.16 Å². The largest absolute Gasteiger partial charge is 0.508 e. The Morgan fingerprint density at radius 1 is 0.913 bits per heavy atom. The molecule has 0 N–H and O–H groups in total. The van der Waals surface area contributed by atoms with Crippen LogP contribution in [0.1, 0.15) is 19.4 Å². The number of fused-ring (bicyclic) bond motifs is 2. The molecule has 0 atom stereocenters. The van der Waals surface area contributed by atoms with Crippen LogP contribution in [-0.2, 0) is 16.1 Å². The molecule has 3 heteroatoms. The summed E-state index contributed by atoms with van der Waals surface area (Å²) in [6.45, 7) is 4.56. The lowest BCUT2D eigenvalue weighted by Gasteiger charge is -2.12. The van der Waals surface area contributed by atoms with Gasteiger partial charge in [0.2, 0.25) is 0 Å². The Hall–Kier alpha value is -2.55. The first-order chi connectivity index (χ1) is 11.1. The first-order valence-corrected chi connectivity index (χ1v) is 7.84. The number of benzene rings is 3. The summed E-state index contributed by atoms with van der Waals surface area (Å²) in [7, 11) is 0. The second kappa shape index (κ2) is 6.69.